The monoisotopic (exact) mass is 331 g/mol. The molecule has 1 saturated carbocycles. The molecule has 1 aromatic rings. The number of hydrogen-bond donors (Lipinski definition) is 2. The minimum Gasteiger partial charge on any atom is -0.396 e. The Morgan fingerprint density at radius 1 is 1.25 bits per heavy atom. The number of likely N-dealkylation sites (tertiary alicyclic amines) is 1. The Balaban J connectivity index is 1.40. The molecular weight excluding hydrogens is 306 g/mol. The number of nitrogens with zero attached hydrogens (tertiary/aromatic N) is 4. The van der Waals surface area contributed by atoms with Crippen LogP contribution in [0.25, 0.3) is 0 Å². The Hall–Kier alpha value is -1.89. The number of aliphatic hydroxyl groups excluding tert-OH is 1. The molecule has 7 heteroatoms. The summed E-state index contributed by atoms with van der Waals surface area (Å²) < 4.78 is 0. The molecule has 0 radical (unpaired) electrons. The Labute approximate surface area is 142 Å². The minimum atomic E-state index is 0.132. The zero-order chi connectivity index (χ0) is 16.5. The fourth-order valence-corrected chi connectivity index (χ4v) is 3.80. The van der Waals surface area contributed by atoms with Gasteiger partial charge in [-0.1, -0.05) is 0 Å². The number of hydrogen-bond acceptors (Lipinski definition) is 6. The SMILES string of the molecule is O=C1CC(Nc2cc(N3CCCC(CO)C3)ncn2)CN1C1CC1. The van der Waals surface area contributed by atoms with Crippen LogP contribution in [0.2, 0.25) is 0 Å². The van der Waals surface area contributed by atoms with Gasteiger partial charge < -0.3 is 20.2 Å². The summed E-state index contributed by atoms with van der Waals surface area (Å²) in [6.07, 6.45) is 6.58. The largest absolute Gasteiger partial charge is 0.396 e. The van der Waals surface area contributed by atoms with Crippen molar-refractivity contribution in [3.8, 4) is 0 Å². The second-order valence-corrected chi connectivity index (χ2v) is 7.22. The number of anilines is 2. The van der Waals surface area contributed by atoms with E-state index < -0.39 is 0 Å². The van der Waals surface area contributed by atoms with E-state index in [1.165, 1.54) is 0 Å². The summed E-state index contributed by atoms with van der Waals surface area (Å²) in [5.74, 6) is 2.26. The number of rotatable bonds is 5. The number of carbonyl (C=O) groups excluding carboxylic acids is 1. The fourth-order valence-electron chi connectivity index (χ4n) is 3.80. The number of aromatic nitrogens is 2. The van der Waals surface area contributed by atoms with Gasteiger partial charge in [0.05, 0.1) is 6.04 Å². The number of amides is 1. The van der Waals surface area contributed by atoms with E-state index in [-0.39, 0.29) is 18.6 Å². The van der Waals surface area contributed by atoms with Crippen LogP contribution in [-0.2, 0) is 4.79 Å². The van der Waals surface area contributed by atoms with Crippen molar-refractivity contribution in [2.75, 3.05) is 36.5 Å². The highest BCUT2D eigenvalue weighted by molar-refractivity contribution is 5.80. The third-order valence-electron chi connectivity index (χ3n) is 5.25. The highest BCUT2D eigenvalue weighted by atomic mass is 16.3. The van der Waals surface area contributed by atoms with Crippen molar-refractivity contribution in [3.05, 3.63) is 12.4 Å². The van der Waals surface area contributed by atoms with Gasteiger partial charge in [-0.3, -0.25) is 4.79 Å². The maximum Gasteiger partial charge on any atom is 0.225 e. The smallest absolute Gasteiger partial charge is 0.225 e. The summed E-state index contributed by atoms with van der Waals surface area (Å²) in [6, 6.07) is 2.57. The molecule has 0 spiro atoms. The van der Waals surface area contributed by atoms with E-state index in [0.29, 0.717) is 18.4 Å². The van der Waals surface area contributed by atoms with Gasteiger partial charge in [-0.25, -0.2) is 9.97 Å². The van der Waals surface area contributed by atoms with Gasteiger partial charge >= 0.3 is 0 Å². The second-order valence-electron chi connectivity index (χ2n) is 7.22. The molecule has 0 aromatic carbocycles. The zero-order valence-corrected chi connectivity index (χ0v) is 13.9. The van der Waals surface area contributed by atoms with Gasteiger partial charge in [-0.2, -0.15) is 0 Å². The van der Waals surface area contributed by atoms with Crippen LogP contribution in [0.5, 0.6) is 0 Å². The van der Waals surface area contributed by atoms with Crippen LogP contribution < -0.4 is 10.2 Å². The highest BCUT2D eigenvalue weighted by Gasteiger charge is 2.39. The Morgan fingerprint density at radius 2 is 2.12 bits per heavy atom. The van der Waals surface area contributed by atoms with Crippen molar-refractivity contribution in [1.29, 1.82) is 0 Å². The quantitative estimate of drug-likeness (QED) is 0.833. The van der Waals surface area contributed by atoms with Crippen LogP contribution in [0, 0.1) is 5.92 Å². The van der Waals surface area contributed by atoms with E-state index in [9.17, 15) is 9.90 Å². The van der Waals surface area contributed by atoms with Gasteiger partial charge in [-0.15, -0.1) is 0 Å². The van der Waals surface area contributed by atoms with Crippen molar-refractivity contribution < 1.29 is 9.90 Å². The number of carbonyl (C=O) groups is 1. The molecule has 2 aliphatic heterocycles. The summed E-state index contributed by atoms with van der Waals surface area (Å²) in [7, 11) is 0. The van der Waals surface area contributed by atoms with Crippen LogP contribution in [0.1, 0.15) is 32.1 Å². The van der Waals surface area contributed by atoms with Crippen molar-refractivity contribution in [1.82, 2.24) is 14.9 Å². The third kappa shape index (κ3) is 3.31. The topological polar surface area (TPSA) is 81.6 Å². The zero-order valence-electron chi connectivity index (χ0n) is 13.9. The molecule has 3 aliphatic rings. The lowest BCUT2D eigenvalue weighted by molar-refractivity contribution is -0.128. The lowest BCUT2D eigenvalue weighted by Crippen LogP contribution is -2.37. The average Bonchev–Trinajstić information content (AvgIpc) is 3.39. The summed E-state index contributed by atoms with van der Waals surface area (Å²) in [6.45, 7) is 2.81. The molecule has 2 N–H and O–H groups in total. The Bertz CT molecular complexity index is 606. The second kappa shape index (κ2) is 6.55. The molecule has 3 heterocycles. The fraction of sp³-hybridized carbons (Fsp3) is 0.706. The number of nitrogens with one attached hydrogen (secondary N) is 1. The standard InChI is InChI=1S/C17H25N5O2/c23-10-12-2-1-5-21(8-12)16-7-15(18-11-19-16)20-13-6-17(24)22(9-13)14-3-4-14/h7,11-14,23H,1-6,8-10H2,(H,18,19,20). The first-order chi connectivity index (χ1) is 11.7. The van der Waals surface area contributed by atoms with Crippen LogP contribution in [0.3, 0.4) is 0 Å². The molecule has 7 nitrogen and oxygen atoms in total. The van der Waals surface area contributed by atoms with Crippen LogP contribution >= 0.6 is 0 Å². The molecule has 4 rings (SSSR count). The summed E-state index contributed by atoms with van der Waals surface area (Å²) in [5.41, 5.74) is 0. The minimum absolute atomic E-state index is 0.132. The van der Waals surface area contributed by atoms with E-state index in [1.54, 1.807) is 6.33 Å². The highest BCUT2D eigenvalue weighted by Crippen LogP contribution is 2.31. The Kier molecular flexibility index (Phi) is 4.26. The molecule has 1 aromatic heterocycles. The average molecular weight is 331 g/mol. The predicted molar refractivity (Wildman–Crippen MR) is 90.8 cm³/mol. The first-order valence-electron chi connectivity index (χ1n) is 8.97. The summed E-state index contributed by atoms with van der Waals surface area (Å²) in [4.78, 5) is 25.0. The van der Waals surface area contributed by atoms with Gasteiger partial charge in [-0.05, 0) is 31.6 Å². The molecule has 0 bridgehead atoms. The van der Waals surface area contributed by atoms with Gasteiger partial charge in [0.15, 0.2) is 0 Å². The molecule has 3 fully saturated rings. The molecule has 2 saturated heterocycles. The van der Waals surface area contributed by atoms with Gasteiger partial charge in [0.1, 0.15) is 18.0 Å². The van der Waals surface area contributed by atoms with Gasteiger partial charge in [0.25, 0.3) is 0 Å². The van der Waals surface area contributed by atoms with E-state index >= 15 is 0 Å². The van der Waals surface area contributed by atoms with Gasteiger partial charge in [0, 0.05) is 44.8 Å². The van der Waals surface area contributed by atoms with E-state index in [1.807, 2.05) is 11.0 Å². The normalized spacial score (nSPS) is 27.6. The molecule has 1 amide bonds. The Morgan fingerprint density at radius 3 is 2.92 bits per heavy atom. The van der Waals surface area contributed by atoms with Crippen molar-refractivity contribution in [3.63, 3.8) is 0 Å². The van der Waals surface area contributed by atoms with Crippen LogP contribution in [0.15, 0.2) is 12.4 Å². The van der Waals surface area contributed by atoms with Crippen molar-refractivity contribution in [2.45, 2.75) is 44.2 Å². The van der Waals surface area contributed by atoms with Crippen molar-refractivity contribution in [2.24, 2.45) is 5.92 Å². The van der Waals surface area contributed by atoms with E-state index in [4.69, 9.17) is 0 Å². The lowest BCUT2D eigenvalue weighted by atomic mass is 9.99. The first-order valence-corrected chi connectivity index (χ1v) is 8.97. The molecular formula is C17H25N5O2. The predicted octanol–water partition coefficient (Wildman–Crippen LogP) is 0.860. The number of aliphatic hydroxyl groups is 1. The molecule has 2 unspecified atom stereocenters. The summed E-state index contributed by atoms with van der Waals surface area (Å²) >= 11 is 0. The number of piperidine rings is 1. The molecule has 130 valence electrons. The first kappa shape index (κ1) is 15.6. The van der Waals surface area contributed by atoms with Crippen molar-refractivity contribution >= 4 is 17.5 Å². The third-order valence-corrected chi connectivity index (χ3v) is 5.25. The maximum absolute atomic E-state index is 12.1. The van der Waals surface area contributed by atoms with E-state index in [2.05, 4.69) is 20.2 Å². The summed E-state index contributed by atoms with van der Waals surface area (Å²) in [5, 5.41) is 12.8. The molecule has 1 aliphatic carbocycles. The van der Waals surface area contributed by atoms with E-state index in [0.717, 1.165) is 57.0 Å². The van der Waals surface area contributed by atoms with Crippen LogP contribution in [-0.4, -0.2) is 64.2 Å². The lowest BCUT2D eigenvalue weighted by Gasteiger charge is -2.32. The van der Waals surface area contributed by atoms with Gasteiger partial charge in [0.2, 0.25) is 5.91 Å². The molecule has 24 heavy (non-hydrogen) atoms. The molecule has 2 atom stereocenters. The maximum atomic E-state index is 12.1. The van der Waals surface area contributed by atoms with Crippen LogP contribution in [0.4, 0.5) is 11.6 Å².